The van der Waals surface area contributed by atoms with E-state index in [9.17, 15) is 18.0 Å². The van der Waals surface area contributed by atoms with Gasteiger partial charge in [0.05, 0.1) is 5.56 Å². The predicted molar refractivity (Wildman–Crippen MR) is 97.9 cm³/mol. The van der Waals surface area contributed by atoms with E-state index in [1.807, 2.05) is 43.3 Å². The molecule has 140 valence electrons. The Morgan fingerprint density at radius 1 is 1.00 bits per heavy atom. The molecule has 1 N–H and O–H groups in total. The lowest BCUT2D eigenvalue weighted by Gasteiger charge is -2.12. The van der Waals surface area contributed by atoms with E-state index in [1.54, 1.807) is 0 Å². The molecule has 6 heteroatoms. The van der Waals surface area contributed by atoms with Crippen LogP contribution in [0.2, 0.25) is 0 Å². The van der Waals surface area contributed by atoms with Crippen LogP contribution in [0.3, 0.4) is 0 Å². The van der Waals surface area contributed by atoms with E-state index in [2.05, 4.69) is 5.32 Å². The van der Waals surface area contributed by atoms with Gasteiger partial charge < -0.3 is 10.1 Å². The first kappa shape index (κ1) is 18.8. The predicted octanol–water partition coefficient (Wildman–Crippen LogP) is 5.50. The van der Waals surface area contributed by atoms with Crippen molar-refractivity contribution < 1.29 is 22.7 Å². The number of benzene rings is 3. The molecular formula is C21H18F3NO2. The summed E-state index contributed by atoms with van der Waals surface area (Å²) in [5, 5.41) is 4.44. The molecule has 3 nitrogen and oxygen atoms in total. The van der Waals surface area contributed by atoms with E-state index in [4.69, 9.17) is 4.74 Å². The van der Waals surface area contributed by atoms with Crippen molar-refractivity contribution in [3.63, 3.8) is 0 Å². The van der Waals surface area contributed by atoms with Gasteiger partial charge in [0.2, 0.25) is 0 Å². The number of halogens is 3. The van der Waals surface area contributed by atoms with Crippen LogP contribution in [0.15, 0.2) is 60.7 Å². The maximum atomic E-state index is 12.6. The molecule has 0 saturated heterocycles. The van der Waals surface area contributed by atoms with Gasteiger partial charge in [0, 0.05) is 11.9 Å². The Kier molecular flexibility index (Phi) is 5.35. The van der Waals surface area contributed by atoms with Gasteiger partial charge in [0.15, 0.2) is 0 Å². The summed E-state index contributed by atoms with van der Waals surface area (Å²) in [6.45, 7) is 2.12. The van der Waals surface area contributed by atoms with Crippen molar-refractivity contribution in [2.45, 2.75) is 19.5 Å². The summed E-state index contributed by atoms with van der Waals surface area (Å²) >= 11 is 0. The van der Waals surface area contributed by atoms with E-state index in [0.29, 0.717) is 17.7 Å². The van der Waals surface area contributed by atoms with Crippen LogP contribution in [-0.2, 0) is 12.6 Å². The van der Waals surface area contributed by atoms with Gasteiger partial charge in [-0.15, -0.1) is 0 Å². The molecular weight excluding hydrogens is 355 g/mol. The second-order valence-corrected chi connectivity index (χ2v) is 6.19. The first-order chi connectivity index (χ1) is 12.8. The Morgan fingerprint density at radius 2 is 1.70 bits per heavy atom. The van der Waals surface area contributed by atoms with Crippen LogP contribution in [0.5, 0.6) is 5.75 Å². The van der Waals surface area contributed by atoms with Crippen molar-refractivity contribution in [1.29, 1.82) is 0 Å². The largest absolute Gasteiger partial charge is 0.416 e. The number of alkyl halides is 3. The van der Waals surface area contributed by atoms with Gasteiger partial charge in [0.1, 0.15) is 5.75 Å². The topological polar surface area (TPSA) is 38.3 Å². The molecule has 0 radical (unpaired) electrons. The fourth-order valence-corrected chi connectivity index (χ4v) is 2.79. The minimum absolute atomic E-state index is 0.258. The molecule has 0 aliphatic carbocycles. The zero-order valence-electron chi connectivity index (χ0n) is 14.6. The van der Waals surface area contributed by atoms with Crippen molar-refractivity contribution >= 4 is 16.9 Å². The van der Waals surface area contributed by atoms with Gasteiger partial charge in [-0.25, -0.2) is 4.79 Å². The van der Waals surface area contributed by atoms with Gasteiger partial charge in [-0.05, 0) is 42.0 Å². The molecule has 3 rings (SSSR count). The lowest BCUT2D eigenvalue weighted by atomic mass is 10.1. The standard InChI is InChI=1S/C21H18F3NO2/c1-14-6-9-16-4-2-3-5-18(16)19(14)27-20(26)25-13-12-15-7-10-17(11-8-15)21(22,23)24/h2-11H,12-13H2,1H3,(H,25,26). The van der Waals surface area contributed by atoms with Crippen LogP contribution < -0.4 is 10.1 Å². The Morgan fingerprint density at radius 3 is 2.41 bits per heavy atom. The maximum absolute atomic E-state index is 12.6. The van der Waals surface area contributed by atoms with Crippen molar-refractivity contribution in [3.05, 3.63) is 77.4 Å². The Labute approximate surface area is 154 Å². The number of carbonyl (C=O) groups is 1. The van der Waals surface area contributed by atoms with Crippen LogP contribution in [-0.4, -0.2) is 12.6 Å². The van der Waals surface area contributed by atoms with E-state index >= 15 is 0 Å². The number of hydrogen-bond acceptors (Lipinski definition) is 2. The highest BCUT2D eigenvalue weighted by atomic mass is 19.4. The Hall–Kier alpha value is -3.02. The molecule has 1 amide bonds. The van der Waals surface area contributed by atoms with Gasteiger partial charge in [0.25, 0.3) is 0 Å². The molecule has 0 heterocycles. The molecule has 0 aliphatic heterocycles. The highest BCUT2D eigenvalue weighted by Crippen LogP contribution is 2.30. The minimum Gasteiger partial charge on any atom is -0.409 e. The third-order valence-corrected chi connectivity index (χ3v) is 4.24. The summed E-state index contributed by atoms with van der Waals surface area (Å²) in [6.07, 6.45) is -4.54. The number of nitrogens with one attached hydrogen (secondary N) is 1. The molecule has 0 bridgehead atoms. The third kappa shape index (κ3) is 4.58. The molecule has 0 atom stereocenters. The van der Waals surface area contributed by atoms with Crippen LogP contribution in [0, 0.1) is 6.92 Å². The zero-order valence-corrected chi connectivity index (χ0v) is 14.6. The summed E-state index contributed by atoms with van der Waals surface area (Å²) in [4.78, 5) is 12.1. The van der Waals surface area contributed by atoms with Crippen molar-refractivity contribution in [1.82, 2.24) is 5.32 Å². The van der Waals surface area contributed by atoms with Gasteiger partial charge in [-0.2, -0.15) is 13.2 Å². The van der Waals surface area contributed by atoms with E-state index in [-0.39, 0.29) is 6.54 Å². The molecule has 3 aromatic rings. The molecule has 27 heavy (non-hydrogen) atoms. The van der Waals surface area contributed by atoms with E-state index in [1.165, 1.54) is 12.1 Å². The summed E-state index contributed by atoms with van der Waals surface area (Å²) in [5.41, 5.74) is 0.848. The number of rotatable bonds is 4. The molecule has 0 saturated carbocycles. The number of hydrogen-bond donors (Lipinski definition) is 1. The lowest BCUT2D eigenvalue weighted by molar-refractivity contribution is -0.137. The van der Waals surface area contributed by atoms with Crippen molar-refractivity contribution in [2.24, 2.45) is 0 Å². The first-order valence-corrected chi connectivity index (χ1v) is 8.45. The minimum atomic E-state index is -4.35. The second kappa shape index (κ2) is 7.70. The molecule has 0 unspecified atom stereocenters. The van der Waals surface area contributed by atoms with Gasteiger partial charge in [-0.3, -0.25) is 0 Å². The number of carbonyl (C=O) groups excluding carboxylic acids is 1. The summed E-state index contributed by atoms with van der Waals surface area (Å²) < 4.78 is 43.1. The maximum Gasteiger partial charge on any atom is 0.416 e. The lowest BCUT2D eigenvalue weighted by Crippen LogP contribution is -2.29. The van der Waals surface area contributed by atoms with Gasteiger partial charge in [-0.1, -0.05) is 48.5 Å². The highest BCUT2D eigenvalue weighted by molar-refractivity contribution is 5.91. The number of ether oxygens (including phenoxy) is 1. The molecule has 0 spiro atoms. The molecule has 0 aromatic heterocycles. The van der Waals surface area contributed by atoms with Gasteiger partial charge >= 0.3 is 12.3 Å². The monoisotopic (exact) mass is 373 g/mol. The van der Waals surface area contributed by atoms with Crippen molar-refractivity contribution in [3.8, 4) is 5.75 Å². The second-order valence-electron chi connectivity index (χ2n) is 6.19. The van der Waals surface area contributed by atoms with Crippen LogP contribution >= 0.6 is 0 Å². The average Bonchev–Trinajstić information content (AvgIpc) is 2.64. The normalized spacial score (nSPS) is 11.4. The third-order valence-electron chi connectivity index (χ3n) is 4.24. The molecule has 0 aliphatic rings. The fraction of sp³-hybridized carbons (Fsp3) is 0.190. The summed E-state index contributed by atoms with van der Waals surface area (Å²) in [7, 11) is 0. The molecule has 0 fully saturated rings. The summed E-state index contributed by atoms with van der Waals surface area (Å²) in [5.74, 6) is 0.500. The highest BCUT2D eigenvalue weighted by Gasteiger charge is 2.29. The number of aryl methyl sites for hydroxylation is 1. The first-order valence-electron chi connectivity index (χ1n) is 8.45. The van der Waals surface area contributed by atoms with Crippen LogP contribution in [0.1, 0.15) is 16.7 Å². The van der Waals surface area contributed by atoms with Crippen LogP contribution in [0.25, 0.3) is 10.8 Å². The fourth-order valence-electron chi connectivity index (χ4n) is 2.79. The molecule has 3 aromatic carbocycles. The SMILES string of the molecule is Cc1ccc2ccccc2c1OC(=O)NCCc1ccc(C(F)(F)F)cc1. The smallest absolute Gasteiger partial charge is 0.409 e. The Balaban J connectivity index is 1.59. The number of fused-ring (bicyclic) bond motifs is 1. The quantitative estimate of drug-likeness (QED) is 0.656. The van der Waals surface area contributed by atoms with Crippen LogP contribution in [0.4, 0.5) is 18.0 Å². The Bertz CT molecular complexity index is 950. The zero-order chi connectivity index (χ0) is 19.4. The number of amides is 1. The van der Waals surface area contributed by atoms with E-state index < -0.39 is 17.8 Å². The van der Waals surface area contributed by atoms with E-state index in [0.717, 1.165) is 28.5 Å². The average molecular weight is 373 g/mol. The summed E-state index contributed by atoms with van der Waals surface area (Å²) in [6, 6.07) is 16.3. The van der Waals surface area contributed by atoms with Crippen molar-refractivity contribution in [2.75, 3.05) is 6.54 Å².